The van der Waals surface area contributed by atoms with Gasteiger partial charge in [0.15, 0.2) is 11.6 Å². The highest BCUT2D eigenvalue weighted by Gasteiger charge is 2.38. The number of anilines is 1. The maximum atomic E-state index is 13.8. The Morgan fingerprint density at radius 2 is 1.58 bits per heavy atom. The molecule has 2 N–H and O–H groups in total. The molecule has 1 fully saturated rings. The molecule has 0 spiro atoms. The quantitative estimate of drug-likeness (QED) is 0.223. The van der Waals surface area contributed by atoms with Crippen LogP contribution in [0.3, 0.4) is 0 Å². The first-order valence-electron chi connectivity index (χ1n) is 12.4. The van der Waals surface area contributed by atoms with Gasteiger partial charge >= 0.3 is 0 Å². The van der Waals surface area contributed by atoms with E-state index in [1.807, 2.05) is 13.0 Å². The van der Waals surface area contributed by atoms with Gasteiger partial charge in [-0.15, -0.1) is 10.2 Å². The summed E-state index contributed by atoms with van der Waals surface area (Å²) in [6, 6.07) is 12.7. The number of fused-ring (bicyclic) bond motifs is 2. The van der Waals surface area contributed by atoms with Gasteiger partial charge < -0.3 is 10.1 Å². The minimum Gasteiger partial charge on any atom is -0.494 e. The zero-order chi connectivity index (χ0) is 27.0. The molecule has 0 bridgehead atoms. The smallest absolute Gasteiger partial charge is 0.296 e. The molecular formula is C28H27N3O6S. The summed E-state index contributed by atoms with van der Waals surface area (Å²) in [6.07, 6.45) is 4.75. The Labute approximate surface area is 220 Å². The number of azo groups is 1. The number of carbonyl (C=O) groups excluding carboxylic acids is 2. The first-order chi connectivity index (χ1) is 18.2. The van der Waals surface area contributed by atoms with Gasteiger partial charge in [0.1, 0.15) is 22.0 Å². The van der Waals surface area contributed by atoms with E-state index in [2.05, 4.69) is 15.5 Å². The molecule has 0 amide bonds. The van der Waals surface area contributed by atoms with Gasteiger partial charge in [0, 0.05) is 22.9 Å². The topological polar surface area (TPSA) is 134 Å². The fraction of sp³-hybridized carbons (Fsp3) is 0.286. The van der Waals surface area contributed by atoms with Crippen LogP contribution < -0.4 is 10.1 Å². The minimum atomic E-state index is -4.87. The number of carbonyl (C=O) groups is 2. The molecule has 10 heteroatoms. The Morgan fingerprint density at radius 3 is 2.21 bits per heavy atom. The average molecular weight is 534 g/mol. The van der Waals surface area contributed by atoms with Gasteiger partial charge in [0.05, 0.1) is 18.2 Å². The summed E-state index contributed by atoms with van der Waals surface area (Å²) in [7, 11) is -3.41. The minimum absolute atomic E-state index is 0.00815. The van der Waals surface area contributed by atoms with Crippen molar-refractivity contribution in [2.45, 2.75) is 50.0 Å². The Hall–Kier alpha value is -3.89. The SMILES string of the molecule is COc1ccc(C)cc1/N=N/c1c(S(=O)(=O)O)cc(NC2CCCCC2)c2c1C(=O)c1ccccc1C2=O. The summed E-state index contributed by atoms with van der Waals surface area (Å²) in [4.78, 5) is 26.9. The van der Waals surface area contributed by atoms with Crippen LogP contribution in [0, 0.1) is 6.92 Å². The maximum Gasteiger partial charge on any atom is 0.296 e. The number of hydrogen-bond donors (Lipinski definition) is 2. The fourth-order valence-corrected chi connectivity index (χ4v) is 5.77. The summed E-state index contributed by atoms with van der Waals surface area (Å²) in [5.41, 5.74) is 1.10. The largest absolute Gasteiger partial charge is 0.494 e. The summed E-state index contributed by atoms with van der Waals surface area (Å²) >= 11 is 0. The summed E-state index contributed by atoms with van der Waals surface area (Å²) in [5, 5.41) is 11.6. The van der Waals surface area contributed by atoms with Crippen LogP contribution in [0.5, 0.6) is 5.75 Å². The van der Waals surface area contributed by atoms with E-state index in [0.717, 1.165) is 37.7 Å². The van der Waals surface area contributed by atoms with Crippen LogP contribution in [0.4, 0.5) is 17.1 Å². The molecule has 2 aliphatic carbocycles. The van der Waals surface area contributed by atoms with Crippen molar-refractivity contribution in [1.29, 1.82) is 0 Å². The van der Waals surface area contributed by atoms with Crippen molar-refractivity contribution in [1.82, 2.24) is 0 Å². The van der Waals surface area contributed by atoms with Gasteiger partial charge in [0.2, 0.25) is 0 Å². The Morgan fingerprint density at radius 1 is 0.921 bits per heavy atom. The molecule has 0 aliphatic heterocycles. The van der Waals surface area contributed by atoms with Crippen molar-refractivity contribution < 1.29 is 27.3 Å². The highest BCUT2D eigenvalue weighted by atomic mass is 32.2. The van der Waals surface area contributed by atoms with Crippen LogP contribution in [0.25, 0.3) is 0 Å². The first kappa shape index (κ1) is 25.7. The molecule has 5 rings (SSSR count). The number of nitrogens with one attached hydrogen (secondary N) is 1. The van der Waals surface area contributed by atoms with E-state index in [4.69, 9.17) is 4.74 Å². The normalized spacial score (nSPS) is 15.9. The van der Waals surface area contributed by atoms with Gasteiger partial charge in [-0.2, -0.15) is 8.42 Å². The monoisotopic (exact) mass is 533 g/mol. The molecular weight excluding hydrogens is 506 g/mol. The molecule has 0 atom stereocenters. The third kappa shape index (κ3) is 4.72. The lowest BCUT2D eigenvalue weighted by atomic mass is 9.82. The number of nitrogens with zero attached hydrogens (tertiary/aromatic N) is 2. The third-order valence-corrected chi connectivity index (χ3v) is 7.84. The highest BCUT2D eigenvalue weighted by Crippen LogP contribution is 2.43. The number of aryl methyl sites for hydroxylation is 1. The molecule has 0 radical (unpaired) electrons. The lowest BCUT2D eigenvalue weighted by molar-refractivity contribution is 0.0980. The van der Waals surface area contributed by atoms with Gasteiger partial charge in [-0.25, -0.2) is 0 Å². The predicted molar refractivity (Wildman–Crippen MR) is 142 cm³/mol. The molecule has 196 valence electrons. The molecule has 3 aromatic carbocycles. The average Bonchev–Trinajstić information content (AvgIpc) is 2.90. The zero-order valence-corrected chi connectivity index (χ0v) is 21.8. The van der Waals surface area contributed by atoms with Crippen molar-refractivity contribution in [2.75, 3.05) is 12.4 Å². The van der Waals surface area contributed by atoms with Gasteiger partial charge in [0.25, 0.3) is 10.1 Å². The van der Waals surface area contributed by atoms with E-state index in [1.165, 1.54) is 19.2 Å². The molecule has 1 saturated carbocycles. The molecule has 0 aromatic heterocycles. The summed E-state index contributed by atoms with van der Waals surface area (Å²) < 4.78 is 40.8. The standard InChI is InChI=1S/C28H27N3O6S/c1-16-12-13-22(37-2)20(14-16)30-31-26-23(38(34,35)36)15-21(29-17-8-4-3-5-9-17)24-25(26)28(33)19-11-7-6-10-18(19)27(24)32/h6-7,10-15,17,29H,3-5,8-9H2,1-2H3,(H,34,35,36)/b31-30+. The van der Waals surface area contributed by atoms with Gasteiger partial charge in [-0.3, -0.25) is 14.1 Å². The van der Waals surface area contributed by atoms with E-state index in [1.54, 1.807) is 30.3 Å². The van der Waals surface area contributed by atoms with Crippen molar-refractivity contribution in [2.24, 2.45) is 10.2 Å². The third-order valence-electron chi connectivity index (χ3n) is 6.97. The van der Waals surface area contributed by atoms with Crippen LogP contribution in [-0.2, 0) is 10.1 Å². The number of methoxy groups -OCH3 is 1. The lowest BCUT2D eigenvalue weighted by Gasteiger charge is -2.28. The van der Waals surface area contributed by atoms with Crippen molar-refractivity contribution in [3.05, 3.63) is 76.3 Å². The van der Waals surface area contributed by atoms with Crippen LogP contribution >= 0.6 is 0 Å². The van der Waals surface area contributed by atoms with Gasteiger partial charge in [-0.1, -0.05) is 49.6 Å². The lowest BCUT2D eigenvalue weighted by Crippen LogP contribution is -2.27. The maximum absolute atomic E-state index is 13.8. The van der Waals surface area contributed by atoms with Gasteiger partial charge in [-0.05, 0) is 43.5 Å². The molecule has 2 aliphatic rings. The molecule has 0 heterocycles. The zero-order valence-electron chi connectivity index (χ0n) is 21.0. The van der Waals surface area contributed by atoms with Crippen molar-refractivity contribution >= 4 is 38.7 Å². The number of benzene rings is 3. The number of ketones is 2. The van der Waals surface area contributed by atoms with E-state index >= 15 is 0 Å². The van der Waals surface area contributed by atoms with Crippen molar-refractivity contribution in [3.8, 4) is 5.75 Å². The summed E-state index contributed by atoms with van der Waals surface area (Å²) in [5.74, 6) is -0.623. The Bertz CT molecular complexity index is 1590. The van der Waals surface area contributed by atoms with Crippen LogP contribution in [0.15, 0.2) is 63.7 Å². The molecule has 9 nitrogen and oxygen atoms in total. The summed E-state index contributed by atoms with van der Waals surface area (Å²) in [6.45, 7) is 1.84. The van der Waals surface area contributed by atoms with E-state index < -0.39 is 32.3 Å². The van der Waals surface area contributed by atoms with E-state index in [0.29, 0.717) is 11.4 Å². The number of hydrogen-bond acceptors (Lipinski definition) is 8. The number of rotatable bonds is 6. The Balaban J connectivity index is 1.78. The molecule has 0 saturated heterocycles. The molecule has 3 aromatic rings. The second-order valence-electron chi connectivity index (χ2n) is 9.55. The van der Waals surface area contributed by atoms with Crippen molar-refractivity contribution in [3.63, 3.8) is 0 Å². The number of ether oxygens (including phenoxy) is 1. The predicted octanol–water partition coefficient (Wildman–Crippen LogP) is 6.19. The van der Waals surface area contributed by atoms with E-state index in [9.17, 15) is 22.6 Å². The first-order valence-corrected chi connectivity index (χ1v) is 13.8. The molecule has 38 heavy (non-hydrogen) atoms. The molecule has 0 unspecified atom stereocenters. The second-order valence-corrected chi connectivity index (χ2v) is 10.9. The van der Waals surface area contributed by atoms with Crippen LogP contribution in [0.2, 0.25) is 0 Å². The fourth-order valence-electron chi connectivity index (χ4n) is 5.11. The van der Waals surface area contributed by atoms with E-state index in [-0.39, 0.29) is 34.0 Å². The van der Waals surface area contributed by atoms with Crippen LogP contribution in [0.1, 0.15) is 69.5 Å². The second kappa shape index (κ2) is 10.1. The van der Waals surface area contributed by atoms with Crippen LogP contribution in [-0.4, -0.2) is 37.7 Å². The highest BCUT2D eigenvalue weighted by molar-refractivity contribution is 7.86. The Kier molecular flexibility index (Phi) is 6.85.